The lowest BCUT2D eigenvalue weighted by atomic mass is 10.0. The van der Waals surface area contributed by atoms with E-state index >= 15 is 0 Å². The number of aromatic amines is 1. The van der Waals surface area contributed by atoms with Gasteiger partial charge >= 0.3 is 0 Å². The van der Waals surface area contributed by atoms with Gasteiger partial charge < -0.3 is 9.42 Å². The van der Waals surface area contributed by atoms with E-state index in [0.29, 0.717) is 17.5 Å². The standard InChI is InChI=1S/C22H30N8O2/c1-15(2)19(22-26-21(28-32-22)20-24-14-25-27-20)23-12-18(31)30-9-7-29(8-10-30)13-17-6-4-5-16(3)11-17/h4-6,11,14-15,19,23H,7-10,12-13H2,1-3H3,(H,24,25,27)/t19-/m0/s1. The number of benzene rings is 1. The lowest BCUT2D eigenvalue weighted by molar-refractivity contribution is -0.132. The Morgan fingerprint density at radius 1 is 1.25 bits per heavy atom. The summed E-state index contributed by atoms with van der Waals surface area (Å²) in [5.41, 5.74) is 2.59. The number of hydrogen-bond acceptors (Lipinski definition) is 8. The normalized spacial score (nSPS) is 15.9. The first-order valence-electron chi connectivity index (χ1n) is 11.0. The molecule has 0 unspecified atom stereocenters. The molecule has 0 radical (unpaired) electrons. The van der Waals surface area contributed by atoms with Crippen molar-refractivity contribution >= 4 is 5.91 Å². The maximum absolute atomic E-state index is 12.8. The van der Waals surface area contributed by atoms with Crippen LogP contribution in [0, 0.1) is 12.8 Å². The van der Waals surface area contributed by atoms with E-state index in [1.54, 1.807) is 0 Å². The zero-order valence-corrected chi connectivity index (χ0v) is 18.8. The van der Waals surface area contributed by atoms with Gasteiger partial charge in [0.2, 0.25) is 17.6 Å². The van der Waals surface area contributed by atoms with Crippen LogP contribution >= 0.6 is 0 Å². The summed E-state index contributed by atoms with van der Waals surface area (Å²) in [7, 11) is 0. The summed E-state index contributed by atoms with van der Waals surface area (Å²) in [5, 5.41) is 13.8. The first-order valence-corrected chi connectivity index (χ1v) is 11.0. The van der Waals surface area contributed by atoms with Gasteiger partial charge in [0.05, 0.1) is 12.6 Å². The molecule has 1 atom stereocenters. The summed E-state index contributed by atoms with van der Waals surface area (Å²) in [5.74, 6) is 1.48. The first-order chi connectivity index (χ1) is 15.5. The zero-order chi connectivity index (χ0) is 22.5. The van der Waals surface area contributed by atoms with Crippen LogP contribution in [0.4, 0.5) is 0 Å². The molecule has 0 spiro atoms. The molecule has 2 N–H and O–H groups in total. The Hall–Kier alpha value is -3.11. The van der Waals surface area contributed by atoms with Gasteiger partial charge in [-0.15, -0.1) is 0 Å². The Morgan fingerprint density at radius 2 is 2.06 bits per heavy atom. The minimum Gasteiger partial charge on any atom is -0.339 e. The number of carbonyl (C=O) groups excluding carboxylic acids is 1. The summed E-state index contributed by atoms with van der Waals surface area (Å²) in [4.78, 5) is 25.6. The molecular formula is C22H30N8O2. The van der Waals surface area contributed by atoms with Gasteiger partial charge in [-0.1, -0.05) is 48.8 Å². The topological polar surface area (TPSA) is 116 Å². The first kappa shape index (κ1) is 22.1. The molecule has 1 aromatic carbocycles. The third-order valence-corrected chi connectivity index (χ3v) is 5.69. The molecule has 2 aromatic heterocycles. The molecule has 1 fully saturated rings. The highest BCUT2D eigenvalue weighted by atomic mass is 16.5. The lowest BCUT2D eigenvalue weighted by Crippen LogP contribution is -2.50. The molecule has 1 aliphatic heterocycles. The summed E-state index contributed by atoms with van der Waals surface area (Å²) >= 11 is 0. The Morgan fingerprint density at radius 3 is 2.75 bits per heavy atom. The third-order valence-electron chi connectivity index (χ3n) is 5.69. The van der Waals surface area contributed by atoms with Crippen LogP contribution in [-0.2, 0) is 11.3 Å². The van der Waals surface area contributed by atoms with Crippen LogP contribution in [0.5, 0.6) is 0 Å². The lowest BCUT2D eigenvalue weighted by Gasteiger charge is -2.35. The molecule has 0 saturated carbocycles. The monoisotopic (exact) mass is 438 g/mol. The third kappa shape index (κ3) is 5.38. The highest BCUT2D eigenvalue weighted by Gasteiger charge is 2.26. The Bertz CT molecular complexity index is 1010. The smallest absolute Gasteiger partial charge is 0.244 e. The predicted octanol–water partition coefficient (Wildman–Crippen LogP) is 1.79. The van der Waals surface area contributed by atoms with E-state index in [1.165, 1.54) is 17.5 Å². The number of amides is 1. The molecule has 1 aliphatic rings. The van der Waals surface area contributed by atoms with Crippen molar-refractivity contribution in [1.82, 2.24) is 40.4 Å². The largest absolute Gasteiger partial charge is 0.339 e. The van der Waals surface area contributed by atoms with Gasteiger partial charge in [0.1, 0.15) is 6.33 Å². The van der Waals surface area contributed by atoms with Crippen LogP contribution in [0.25, 0.3) is 11.6 Å². The van der Waals surface area contributed by atoms with Crippen molar-refractivity contribution in [2.75, 3.05) is 32.7 Å². The van der Waals surface area contributed by atoms with E-state index in [2.05, 4.69) is 66.7 Å². The molecule has 3 aromatic rings. The SMILES string of the molecule is Cc1cccc(CN2CCN(C(=O)CN[C@H](c3nc(-c4ncn[nH]4)no3)C(C)C)CC2)c1. The molecule has 1 saturated heterocycles. The van der Waals surface area contributed by atoms with Gasteiger partial charge in [-0.3, -0.25) is 20.1 Å². The van der Waals surface area contributed by atoms with Gasteiger partial charge in [-0.25, -0.2) is 4.98 Å². The number of piperazine rings is 1. The van der Waals surface area contributed by atoms with Crippen molar-refractivity contribution in [2.45, 2.75) is 33.4 Å². The zero-order valence-electron chi connectivity index (χ0n) is 18.8. The number of aryl methyl sites for hydroxylation is 1. The van der Waals surface area contributed by atoms with E-state index in [1.807, 2.05) is 18.7 Å². The molecule has 3 heterocycles. The van der Waals surface area contributed by atoms with Crippen molar-refractivity contribution in [1.29, 1.82) is 0 Å². The molecule has 0 bridgehead atoms. The van der Waals surface area contributed by atoms with E-state index in [0.717, 1.165) is 32.7 Å². The maximum atomic E-state index is 12.8. The van der Waals surface area contributed by atoms with Gasteiger partial charge in [0.15, 0.2) is 5.82 Å². The fraction of sp³-hybridized carbons (Fsp3) is 0.500. The molecule has 10 nitrogen and oxygen atoms in total. The number of nitrogens with zero attached hydrogens (tertiary/aromatic N) is 6. The number of nitrogens with one attached hydrogen (secondary N) is 2. The number of aromatic nitrogens is 5. The van der Waals surface area contributed by atoms with Gasteiger partial charge in [-0.05, 0) is 18.4 Å². The van der Waals surface area contributed by atoms with Crippen molar-refractivity contribution in [3.05, 3.63) is 47.6 Å². The highest BCUT2D eigenvalue weighted by molar-refractivity contribution is 5.78. The number of carbonyl (C=O) groups is 1. The summed E-state index contributed by atoms with van der Waals surface area (Å²) < 4.78 is 5.43. The molecule has 170 valence electrons. The van der Waals surface area contributed by atoms with Crippen molar-refractivity contribution in [3.8, 4) is 11.6 Å². The Kier molecular flexibility index (Phi) is 6.91. The van der Waals surface area contributed by atoms with E-state index in [4.69, 9.17) is 4.52 Å². The predicted molar refractivity (Wildman–Crippen MR) is 118 cm³/mol. The minimum atomic E-state index is -0.231. The van der Waals surface area contributed by atoms with Crippen molar-refractivity contribution in [3.63, 3.8) is 0 Å². The van der Waals surface area contributed by atoms with Crippen LogP contribution in [0.3, 0.4) is 0 Å². The van der Waals surface area contributed by atoms with Crippen LogP contribution in [0.2, 0.25) is 0 Å². The molecule has 10 heteroatoms. The number of rotatable bonds is 8. The van der Waals surface area contributed by atoms with E-state index in [9.17, 15) is 4.79 Å². The van der Waals surface area contributed by atoms with E-state index < -0.39 is 0 Å². The Labute approximate surface area is 187 Å². The molecule has 32 heavy (non-hydrogen) atoms. The molecule has 0 aliphatic carbocycles. The second-order valence-corrected chi connectivity index (χ2v) is 8.54. The minimum absolute atomic E-state index is 0.0841. The second-order valence-electron chi connectivity index (χ2n) is 8.54. The molecular weight excluding hydrogens is 408 g/mol. The van der Waals surface area contributed by atoms with E-state index in [-0.39, 0.29) is 24.4 Å². The Balaban J connectivity index is 1.28. The highest BCUT2D eigenvalue weighted by Crippen LogP contribution is 2.22. The summed E-state index contributed by atoms with van der Waals surface area (Å²) in [6.45, 7) is 10.6. The maximum Gasteiger partial charge on any atom is 0.244 e. The number of hydrogen-bond donors (Lipinski definition) is 2. The molecule has 4 rings (SSSR count). The quantitative estimate of drug-likeness (QED) is 0.547. The average molecular weight is 439 g/mol. The van der Waals surface area contributed by atoms with Gasteiger partial charge in [0.25, 0.3) is 0 Å². The average Bonchev–Trinajstić information content (AvgIpc) is 3.46. The van der Waals surface area contributed by atoms with Crippen molar-refractivity contribution < 1.29 is 9.32 Å². The van der Waals surface area contributed by atoms with Crippen LogP contribution in [-0.4, -0.2) is 73.8 Å². The number of H-pyrrole nitrogens is 1. The summed E-state index contributed by atoms with van der Waals surface area (Å²) in [6.07, 6.45) is 1.39. The second kappa shape index (κ2) is 10.0. The fourth-order valence-corrected chi connectivity index (χ4v) is 3.91. The van der Waals surface area contributed by atoms with Crippen LogP contribution < -0.4 is 5.32 Å². The molecule has 1 amide bonds. The van der Waals surface area contributed by atoms with Crippen molar-refractivity contribution in [2.24, 2.45) is 5.92 Å². The fourth-order valence-electron chi connectivity index (χ4n) is 3.91. The summed E-state index contributed by atoms with van der Waals surface area (Å²) in [6, 6.07) is 8.36. The van der Waals surface area contributed by atoms with Gasteiger partial charge in [-0.2, -0.15) is 10.1 Å². The van der Waals surface area contributed by atoms with Crippen LogP contribution in [0.1, 0.15) is 36.9 Å². The van der Waals surface area contributed by atoms with Crippen LogP contribution in [0.15, 0.2) is 35.1 Å². The van der Waals surface area contributed by atoms with Gasteiger partial charge in [0, 0.05) is 32.7 Å².